The van der Waals surface area contributed by atoms with Crippen LogP contribution in [-0.2, 0) is 5.54 Å². The van der Waals surface area contributed by atoms with Crippen LogP contribution in [0.15, 0.2) is 42.5 Å². The highest BCUT2D eigenvalue weighted by atomic mass is 35.5. The minimum absolute atomic E-state index is 0.266. The number of rotatable bonds is 2. The fourth-order valence-corrected chi connectivity index (χ4v) is 2.81. The van der Waals surface area contributed by atoms with Crippen LogP contribution in [0.5, 0.6) is 0 Å². The van der Waals surface area contributed by atoms with Crippen LogP contribution < -0.4 is 5.73 Å². The van der Waals surface area contributed by atoms with E-state index in [1.165, 1.54) is 0 Å². The van der Waals surface area contributed by atoms with E-state index in [1.54, 1.807) is 6.07 Å². The zero-order valence-electron chi connectivity index (χ0n) is 9.66. The minimum atomic E-state index is -0.516. The molecule has 1 aliphatic rings. The van der Waals surface area contributed by atoms with Crippen LogP contribution in [0, 0.1) is 5.92 Å². The summed E-state index contributed by atoms with van der Waals surface area (Å²) in [6.07, 6.45) is 9.13. The highest BCUT2D eigenvalue weighted by Crippen LogP contribution is 2.36. The van der Waals surface area contributed by atoms with Gasteiger partial charge in [0.25, 0.3) is 0 Å². The molecule has 0 radical (unpaired) electrons. The van der Waals surface area contributed by atoms with E-state index in [1.807, 2.05) is 30.4 Å². The molecule has 0 saturated heterocycles. The lowest BCUT2D eigenvalue weighted by Crippen LogP contribution is -2.42. The van der Waals surface area contributed by atoms with Gasteiger partial charge < -0.3 is 5.73 Å². The standard InChI is InChI=1S/C14H15Cl2N/c1-2-10-5-3-4-6-14(10,17)11-7-12(15)9-13(16)8-11/h3-10H,2,17H2,1H3. The Morgan fingerprint density at radius 1 is 1.18 bits per heavy atom. The Morgan fingerprint density at radius 2 is 1.82 bits per heavy atom. The van der Waals surface area contributed by atoms with Gasteiger partial charge in [-0.1, -0.05) is 54.4 Å². The average molecular weight is 268 g/mol. The van der Waals surface area contributed by atoms with Crippen LogP contribution in [0.25, 0.3) is 0 Å². The number of hydrogen-bond acceptors (Lipinski definition) is 1. The van der Waals surface area contributed by atoms with Crippen LogP contribution in [-0.4, -0.2) is 0 Å². The van der Waals surface area contributed by atoms with Crippen LogP contribution in [0.4, 0.5) is 0 Å². The van der Waals surface area contributed by atoms with E-state index >= 15 is 0 Å². The number of benzene rings is 1. The van der Waals surface area contributed by atoms with Gasteiger partial charge in [0.15, 0.2) is 0 Å². The molecule has 2 rings (SSSR count). The Hall–Kier alpha value is -0.760. The van der Waals surface area contributed by atoms with E-state index in [0.717, 1.165) is 12.0 Å². The summed E-state index contributed by atoms with van der Waals surface area (Å²) in [5.74, 6) is 0.266. The van der Waals surface area contributed by atoms with Crippen molar-refractivity contribution in [1.29, 1.82) is 0 Å². The molecule has 2 unspecified atom stereocenters. The molecule has 0 aromatic heterocycles. The van der Waals surface area contributed by atoms with E-state index in [4.69, 9.17) is 28.9 Å². The molecule has 0 amide bonds. The zero-order chi connectivity index (χ0) is 12.5. The topological polar surface area (TPSA) is 26.0 Å². The van der Waals surface area contributed by atoms with Crippen LogP contribution in [0.2, 0.25) is 10.0 Å². The summed E-state index contributed by atoms with van der Waals surface area (Å²) in [5.41, 5.74) is 6.96. The molecular weight excluding hydrogens is 253 g/mol. The van der Waals surface area contributed by atoms with Crippen molar-refractivity contribution in [3.63, 3.8) is 0 Å². The molecule has 1 aromatic rings. The SMILES string of the molecule is CCC1C=CC=CC1(N)c1cc(Cl)cc(Cl)c1. The highest BCUT2D eigenvalue weighted by Gasteiger charge is 2.33. The van der Waals surface area contributed by atoms with Crippen LogP contribution >= 0.6 is 23.2 Å². The Balaban J connectivity index is 2.49. The van der Waals surface area contributed by atoms with Gasteiger partial charge in [-0.2, -0.15) is 0 Å². The molecule has 0 spiro atoms. The first-order chi connectivity index (χ1) is 8.06. The lowest BCUT2D eigenvalue weighted by molar-refractivity contribution is 0.393. The molecule has 0 saturated carbocycles. The van der Waals surface area contributed by atoms with Gasteiger partial charge in [-0.25, -0.2) is 0 Å². The fraction of sp³-hybridized carbons (Fsp3) is 0.286. The van der Waals surface area contributed by atoms with Gasteiger partial charge in [0.1, 0.15) is 0 Å². The fourth-order valence-electron chi connectivity index (χ4n) is 2.28. The molecule has 17 heavy (non-hydrogen) atoms. The Labute approximate surface area is 112 Å². The van der Waals surface area contributed by atoms with Gasteiger partial charge in [-0.3, -0.25) is 0 Å². The average Bonchev–Trinajstić information content (AvgIpc) is 2.28. The van der Waals surface area contributed by atoms with Crippen LogP contribution in [0.3, 0.4) is 0 Å². The first-order valence-electron chi connectivity index (χ1n) is 5.67. The van der Waals surface area contributed by atoms with Crippen molar-refractivity contribution in [2.45, 2.75) is 18.9 Å². The zero-order valence-corrected chi connectivity index (χ0v) is 11.2. The van der Waals surface area contributed by atoms with Gasteiger partial charge in [0.05, 0.1) is 5.54 Å². The summed E-state index contributed by atoms with van der Waals surface area (Å²) < 4.78 is 0. The molecule has 0 aliphatic heterocycles. The molecule has 3 heteroatoms. The lowest BCUT2D eigenvalue weighted by atomic mass is 9.75. The molecule has 0 heterocycles. The maximum Gasteiger partial charge on any atom is 0.0663 e. The van der Waals surface area contributed by atoms with E-state index in [0.29, 0.717) is 10.0 Å². The number of allylic oxidation sites excluding steroid dienone is 2. The van der Waals surface area contributed by atoms with Crippen molar-refractivity contribution in [2.24, 2.45) is 11.7 Å². The molecule has 2 N–H and O–H groups in total. The molecule has 1 nitrogen and oxygen atoms in total. The Kier molecular flexibility index (Phi) is 3.62. The minimum Gasteiger partial charge on any atom is -0.318 e. The van der Waals surface area contributed by atoms with Gasteiger partial charge in [-0.15, -0.1) is 0 Å². The third-order valence-corrected chi connectivity index (χ3v) is 3.68. The predicted octanol–water partition coefficient (Wildman–Crippen LogP) is 4.30. The molecule has 2 atom stereocenters. The second kappa shape index (κ2) is 4.85. The summed E-state index contributed by atoms with van der Waals surface area (Å²) in [7, 11) is 0. The normalized spacial score (nSPS) is 27.4. The number of halogens is 2. The maximum absolute atomic E-state index is 6.52. The van der Waals surface area contributed by atoms with E-state index in [-0.39, 0.29) is 5.92 Å². The number of nitrogens with two attached hydrogens (primary N) is 1. The second-order valence-corrected chi connectivity index (χ2v) is 5.22. The van der Waals surface area contributed by atoms with Crippen molar-refractivity contribution in [3.8, 4) is 0 Å². The summed E-state index contributed by atoms with van der Waals surface area (Å²) in [6.45, 7) is 2.13. The van der Waals surface area contributed by atoms with E-state index in [9.17, 15) is 0 Å². The van der Waals surface area contributed by atoms with Gasteiger partial charge in [-0.05, 0) is 30.2 Å². The molecule has 90 valence electrons. The monoisotopic (exact) mass is 267 g/mol. The molecule has 0 bridgehead atoms. The Morgan fingerprint density at radius 3 is 2.41 bits per heavy atom. The van der Waals surface area contributed by atoms with Crippen molar-refractivity contribution < 1.29 is 0 Å². The lowest BCUT2D eigenvalue weighted by Gasteiger charge is -2.35. The summed E-state index contributed by atoms with van der Waals surface area (Å²) in [4.78, 5) is 0. The van der Waals surface area contributed by atoms with Crippen molar-refractivity contribution in [2.75, 3.05) is 0 Å². The summed E-state index contributed by atoms with van der Waals surface area (Å²) >= 11 is 12.1. The molecule has 0 fully saturated rings. The smallest absolute Gasteiger partial charge is 0.0663 e. The van der Waals surface area contributed by atoms with Crippen molar-refractivity contribution in [3.05, 3.63) is 58.1 Å². The highest BCUT2D eigenvalue weighted by molar-refractivity contribution is 6.34. The van der Waals surface area contributed by atoms with Gasteiger partial charge in [0, 0.05) is 16.0 Å². The summed E-state index contributed by atoms with van der Waals surface area (Å²) in [6, 6.07) is 5.50. The Bertz CT molecular complexity index is 459. The molecule has 1 aliphatic carbocycles. The number of hydrogen-bond donors (Lipinski definition) is 1. The molecular formula is C14H15Cl2N. The first-order valence-corrected chi connectivity index (χ1v) is 6.43. The quantitative estimate of drug-likeness (QED) is 0.850. The van der Waals surface area contributed by atoms with Gasteiger partial charge >= 0.3 is 0 Å². The summed E-state index contributed by atoms with van der Waals surface area (Å²) in [5, 5.41) is 1.24. The van der Waals surface area contributed by atoms with Gasteiger partial charge in [0.2, 0.25) is 0 Å². The second-order valence-electron chi connectivity index (χ2n) is 4.35. The van der Waals surface area contributed by atoms with Crippen molar-refractivity contribution in [1.82, 2.24) is 0 Å². The first kappa shape index (κ1) is 12.7. The van der Waals surface area contributed by atoms with E-state index in [2.05, 4.69) is 13.0 Å². The van der Waals surface area contributed by atoms with E-state index < -0.39 is 5.54 Å². The third-order valence-electron chi connectivity index (χ3n) is 3.24. The third kappa shape index (κ3) is 2.42. The van der Waals surface area contributed by atoms with Crippen molar-refractivity contribution >= 4 is 23.2 Å². The maximum atomic E-state index is 6.52. The largest absolute Gasteiger partial charge is 0.318 e. The molecule has 1 aromatic carbocycles. The van der Waals surface area contributed by atoms with Crippen LogP contribution in [0.1, 0.15) is 18.9 Å². The predicted molar refractivity (Wildman–Crippen MR) is 74.4 cm³/mol.